The van der Waals surface area contributed by atoms with Gasteiger partial charge in [0.2, 0.25) is 0 Å². The van der Waals surface area contributed by atoms with Crippen LogP contribution < -0.4 is 0 Å². The lowest BCUT2D eigenvalue weighted by Crippen LogP contribution is -1.95. The van der Waals surface area contributed by atoms with Gasteiger partial charge in [-0.15, -0.1) is 11.3 Å². The zero-order chi connectivity index (χ0) is 10.8. The largest absolute Gasteiger partial charge is 0.478 e. The minimum atomic E-state index is -0.868. The maximum Gasteiger partial charge on any atom is 0.337 e. The van der Waals surface area contributed by atoms with Gasteiger partial charge in [0, 0.05) is 4.88 Å². The van der Waals surface area contributed by atoms with Crippen molar-refractivity contribution in [2.45, 2.75) is 6.92 Å². The number of aryl methyl sites for hydroxylation is 1. The van der Waals surface area contributed by atoms with E-state index >= 15 is 0 Å². The summed E-state index contributed by atoms with van der Waals surface area (Å²) in [6.07, 6.45) is 0. The molecule has 1 aromatic heterocycles. The predicted molar refractivity (Wildman–Crippen MR) is 61.5 cm³/mol. The first-order valence-corrected chi connectivity index (χ1v) is 5.44. The summed E-state index contributed by atoms with van der Waals surface area (Å²) in [5.41, 5.74) is 2.49. The van der Waals surface area contributed by atoms with Crippen molar-refractivity contribution < 1.29 is 9.90 Å². The molecule has 0 amide bonds. The molecule has 0 spiro atoms. The van der Waals surface area contributed by atoms with Gasteiger partial charge in [0.25, 0.3) is 0 Å². The number of carbonyl (C=O) groups is 1. The van der Waals surface area contributed by atoms with E-state index in [4.69, 9.17) is 5.11 Å². The molecule has 0 saturated heterocycles. The fraction of sp³-hybridized carbons (Fsp3) is 0.0833. The van der Waals surface area contributed by atoms with Gasteiger partial charge in [-0.3, -0.25) is 0 Å². The summed E-state index contributed by atoms with van der Waals surface area (Å²) in [6, 6.07) is 9.52. The zero-order valence-electron chi connectivity index (χ0n) is 8.23. The molecule has 2 rings (SSSR count). The third-order valence-corrected chi connectivity index (χ3v) is 3.14. The Hall–Kier alpha value is -1.61. The minimum absolute atomic E-state index is 0.380. The molecule has 1 heterocycles. The average Bonchev–Trinajstić information content (AvgIpc) is 2.65. The molecule has 3 heteroatoms. The summed E-state index contributed by atoms with van der Waals surface area (Å²) in [5, 5.41) is 10.8. The Labute approximate surface area is 91.8 Å². The van der Waals surface area contributed by atoms with E-state index in [9.17, 15) is 4.79 Å². The molecule has 0 radical (unpaired) electrons. The topological polar surface area (TPSA) is 37.3 Å². The molecule has 0 aliphatic heterocycles. The first-order valence-electron chi connectivity index (χ1n) is 4.56. The first kappa shape index (κ1) is 9.93. The van der Waals surface area contributed by atoms with Gasteiger partial charge < -0.3 is 5.11 Å². The highest BCUT2D eigenvalue weighted by molar-refractivity contribution is 7.14. The highest BCUT2D eigenvalue weighted by Crippen LogP contribution is 2.29. The summed E-state index contributed by atoms with van der Waals surface area (Å²) in [6.45, 7) is 2.00. The van der Waals surface area contributed by atoms with Crippen LogP contribution in [0.4, 0.5) is 0 Å². The summed E-state index contributed by atoms with van der Waals surface area (Å²) >= 11 is 1.46. The zero-order valence-corrected chi connectivity index (χ0v) is 9.04. The lowest BCUT2D eigenvalue weighted by Gasteiger charge is -2.01. The van der Waals surface area contributed by atoms with Crippen LogP contribution in [-0.2, 0) is 0 Å². The Balaban J connectivity index is 2.54. The fourth-order valence-corrected chi connectivity index (χ4v) is 2.37. The number of carboxylic acids is 1. The van der Waals surface area contributed by atoms with Crippen molar-refractivity contribution in [1.82, 2.24) is 0 Å². The van der Waals surface area contributed by atoms with E-state index in [-0.39, 0.29) is 0 Å². The van der Waals surface area contributed by atoms with E-state index in [1.807, 2.05) is 31.2 Å². The molecule has 0 atom stereocenters. The van der Waals surface area contributed by atoms with Crippen molar-refractivity contribution in [2.24, 2.45) is 0 Å². The summed E-state index contributed by atoms with van der Waals surface area (Å²) in [5.74, 6) is -0.868. The van der Waals surface area contributed by atoms with Crippen LogP contribution in [0.1, 0.15) is 15.9 Å². The second-order valence-electron chi connectivity index (χ2n) is 3.34. The molecule has 0 unspecified atom stereocenters. The standard InChI is InChI=1S/C12H10O2S/c1-8-3-2-4-9(7-8)11-10(12(13)14)5-6-15-11/h2-7H,1H3,(H,13,14). The van der Waals surface area contributed by atoms with E-state index in [2.05, 4.69) is 0 Å². The van der Waals surface area contributed by atoms with E-state index in [1.54, 1.807) is 11.4 Å². The molecule has 2 aromatic rings. The molecular weight excluding hydrogens is 208 g/mol. The lowest BCUT2D eigenvalue weighted by atomic mass is 10.1. The smallest absolute Gasteiger partial charge is 0.337 e. The van der Waals surface area contributed by atoms with Crippen LogP contribution in [0.2, 0.25) is 0 Å². The second-order valence-corrected chi connectivity index (χ2v) is 4.25. The molecule has 0 aliphatic rings. The quantitative estimate of drug-likeness (QED) is 0.838. The van der Waals surface area contributed by atoms with E-state index in [1.165, 1.54) is 11.3 Å². The second kappa shape index (κ2) is 3.87. The molecule has 0 aliphatic carbocycles. The van der Waals surface area contributed by atoms with Gasteiger partial charge >= 0.3 is 5.97 Å². The molecule has 0 fully saturated rings. The molecule has 1 aromatic carbocycles. The highest BCUT2D eigenvalue weighted by atomic mass is 32.1. The van der Waals surface area contributed by atoms with Crippen LogP contribution in [0.3, 0.4) is 0 Å². The van der Waals surface area contributed by atoms with E-state index in [0.717, 1.165) is 16.0 Å². The van der Waals surface area contributed by atoms with Gasteiger partial charge in [-0.1, -0.05) is 29.8 Å². The Morgan fingerprint density at radius 1 is 1.33 bits per heavy atom. The molecular formula is C12H10O2S. The van der Waals surface area contributed by atoms with Crippen LogP contribution in [0, 0.1) is 6.92 Å². The number of rotatable bonds is 2. The molecule has 76 valence electrons. The van der Waals surface area contributed by atoms with Gasteiger partial charge in [0.05, 0.1) is 5.56 Å². The average molecular weight is 218 g/mol. The summed E-state index contributed by atoms with van der Waals surface area (Å²) in [7, 11) is 0. The van der Waals surface area contributed by atoms with E-state index < -0.39 is 5.97 Å². The highest BCUT2D eigenvalue weighted by Gasteiger charge is 2.12. The number of hydrogen-bond acceptors (Lipinski definition) is 2. The van der Waals surface area contributed by atoms with Gasteiger partial charge in [-0.25, -0.2) is 4.79 Å². The van der Waals surface area contributed by atoms with Gasteiger partial charge in [-0.2, -0.15) is 0 Å². The van der Waals surface area contributed by atoms with Crippen LogP contribution in [0.25, 0.3) is 10.4 Å². The maximum absolute atomic E-state index is 10.9. The first-order chi connectivity index (χ1) is 7.18. The van der Waals surface area contributed by atoms with Crippen LogP contribution in [0.5, 0.6) is 0 Å². The predicted octanol–water partition coefficient (Wildman–Crippen LogP) is 3.42. The normalized spacial score (nSPS) is 10.2. The number of carboxylic acid groups (broad SMARTS) is 1. The molecule has 0 bridgehead atoms. The lowest BCUT2D eigenvalue weighted by molar-refractivity contribution is 0.0698. The van der Waals surface area contributed by atoms with Gasteiger partial charge in [-0.05, 0) is 23.9 Å². The van der Waals surface area contributed by atoms with Crippen molar-refractivity contribution in [1.29, 1.82) is 0 Å². The number of hydrogen-bond donors (Lipinski definition) is 1. The summed E-state index contributed by atoms with van der Waals surface area (Å²) in [4.78, 5) is 11.8. The monoisotopic (exact) mass is 218 g/mol. The van der Waals surface area contributed by atoms with Crippen LogP contribution in [-0.4, -0.2) is 11.1 Å². The molecule has 2 nitrogen and oxygen atoms in total. The Kier molecular flexibility index (Phi) is 2.56. The van der Waals surface area contributed by atoms with Crippen molar-refractivity contribution >= 4 is 17.3 Å². The maximum atomic E-state index is 10.9. The van der Waals surface area contributed by atoms with Crippen molar-refractivity contribution in [3.05, 3.63) is 46.8 Å². The van der Waals surface area contributed by atoms with Crippen LogP contribution in [0.15, 0.2) is 35.7 Å². The SMILES string of the molecule is Cc1cccc(-c2sccc2C(=O)O)c1. The Morgan fingerprint density at radius 2 is 2.13 bits per heavy atom. The molecule has 15 heavy (non-hydrogen) atoms. The Bertz CT molecular complexity index is 500. The Morgan fingerprint density at radius 3 is 2.80 bits per heavy atom. The summed E-state index contributed by atoms with van der Waals surface area (Å²) < 4.78 is 0. The molecule has 1 N–H and O–H groups in total. The van der Waals surface area contributed by atoms with Crippen molar-refractivity contribution in [3.63, 3.8) is 0 Å². The minimum Gasteiger partial charge on any atom is -0.478 e. The van der Waals surface area contributed by atoms with Gasteiger partial charge in [0.1, 0.15) is 0 Å². The number of thiophene rings is 1. The number of aromatic carboxylic acids is 1. The third-order valence-electron chi connectivity index (χ3n) is 2.18. The fourth-order valence-electron chi connectivity index (χ4n) is 1.49. The van der Waals surface area contributed by atoms with E-state index in [0.29, 0.717) is 5.56 Å². The van der Waals surface area contributed by atoms with Crippen molar-refractivity contribution in [3.8, 4) is 10.4 Å². The number of benzene rings is 1. The van der Waals surface area contributed by atoms with Crippen LogP contribution >= 0.6 is 11.3 Å². The third kappa shape index (κ3) is 1.92. The van der Waals surface area contributed by atoms with Crippen molar-refractivity contribution in [2.75, 3.05) is 0 Å². The molecule has 0 saturated carbocycles. The van der Waals surface area contributed by atoms with Gasteiger partial charge in [0.15, 0.2) is 0 Å².